The fourth-order valence-corrected chi connectivity index (χ4v) is 1.36. The van der Waals surface area contributed by atoms with E-state index in [1.54, 1.807) is 6.07 Å². The standard InChI is InChI=1S/C12H14FNO4/c1-7(12(16)17)14-11(15)6-8-3-4-10(18-2)9(13)5-8/h3-5,7H,6H2,1-2H3,(H,14,15)(H,16,17)/t7-/m1/s1. The number of rotatable bonds is 5. The van der Waals surface area contributed by atoms with E-state index in [9.17, 15) is 14.0 Å². The van der Waals surface area contributed by atoms with Gasteiger partial charge in [0.2, 0.25) is 5.91 Å². The quantitative estimate of drug-likeness (QED) is 0.822. The van der Waals surface area contributed by atoms with Crippen LogP contribution in [0.2, 0.25) is 0 Å². The minimum atomic E-state index is -1.12. The maximum absolute atomic E-state index is 13.3. The molecule has 0 bridgehead atoms. The summed E-state index contributed by atoms with van der Waals surface area (Å²) in [6, 6.07) is 3.18. The highest BCUT2D eigenvalue weighted by Gasteiger charge is 2.14. The molecule has 0 unspecified atom stereocenters. The molecule has 0 saturated heterocycles. The molecule has 1 amide bonds. The second-order valence-electron chi connectivity index (χ2n) is 3.77. The van der Waals surface area contributed by atoms with Gasteiger partial charge in [0, 0.05) is 0 Å². The highest BCUT2D eigenvalue weighted by Crippen LogP contribution is 2.17. The number of aliphatic carboxylic acids is 1. The predicted molar refractivity (Wildman–Crippen MR) is 61.9 cm³/mol. The van der Waals surface area contributed by atoms with Crippen molar-refractivity contribution >= 4 is 11.9 Å². The lowest BCUT2D eigenvalue weighted by Gasteiger charge is -2.09. The normalized spacial score (nSPS) is 11.7. The maximum Gasteiger partial charge on any atom is 0.325 e. The lowest BCUT2D eigenvalue weighted by molar-refractivity contribution is -0.141. The molecule has 1 aromatic rings. The molecule has 1 atom stereocenters. The van der Waals surface area contributed by atoms with Crippen molar-refractivity contribution in [3.63, 3.8) is 0 Å². The number of nitrogens with one attached hydrogen (secondary N) is 1. The Kier molecular flexibility index (Phi) is 4.65. The summed E-state index contributed by atoms with van der Waals surface area (Å²) >= 11 is 0. The molecule has 0 aromatic heterocycles. The Labute approximate surface area is 104 Å². The number of hydrogen-bond acceptors (Lipinski definition) is 3. The Balaban J connectivity index is 2.65. The molecule has 2 N–H and O–H groups in total. The van der Waals surface area contributed by atoms with Crippen molar-refractivity contribution in [2.24, 2.45) is 0 Å². The van der Waals surface area contributed by atoms with Crippen molar-refractivity contribution in [1.82, 2.24) is 5.32 Å². The van der Waals surface area contributed by atoms with Crippen LogP contribution in [0, 0.1) is 5.82 Å². The summed E-state index contributed by atoms with van der Waals surface area (Å²) in [5.41, 5.74) is 0.448. The SMILES string of the molecule is COc1ccc(CC(=O)N[C@H](C)C(=O)O)cc1F. The summed E-state index contributed by atoms with van der Waals surface area (Å²) in [6.45, 7) is 1.36. The first-order valence-corrected chi connectivity index (χ1v) is 5.28. The van der Waals surface area contributed by atoms with E-state index >= 15 is 0 Å². The fourth-order valence-electron chi connectivity index (χ4n) is 1.36. The van der Waals surface area contributed by atoms with Crippen molar-refractivity contribution in [3.8, 4) is 5.75 Å². The first kappa shape index (κ1) is 14.0. The van der Waals surface area contributed by atoms with Gasteiger partial charge in [-0.3, -0.25) is 9.59 Å². The molecule has 0 aliphatic heterocycles. The fraction of sp³-hybridized carbons (Fsp3) is 0.333. The van der Waals surface area contributed by atoms with Gasteiger partial charge in [0.1, 0.15) is 6.04 Å². The zero-order valence-electron chi connectivity index (χ0n) is 10.1. The number of carbonyl (C=O) groups excluding carboxylic acids is 1. The zero-order valence-corrected chi connectivity index (χ0v) is 10.1. The lowest BCUT2D eigenvalue weighted by Crippen LogP contribution is -2.39. The van der Waals surface area contributed by atoms with Crippen LogP contribution in [0.25, 0.3) is 0 Å². The van der Waals surface area contributed by atoms with Crippen LogP contribution in [0.4, 0.5) is 4.39 Å². The number of carboxylic acids is 1. The van der Waals surface area contributed by atoms with Crippen LogP contribution in [-0.4, -0.2) is 30.1 Å². The molecule has 0 saturated carbocycles. The lowest BCUT2D eigenvalue weighted by atomic mass is 10.1. The number of ether oxygens (including phenoxy) is 1. The largest absolute Gasteiger partial charge is 0.494 e. The highest BCUT2D eigenvalue weighted by atomic mass is 19.1. The summed E-state index contributed by atoms with van der Waals surface area (Å²) < 4.78 is 18.1. The molecular formula is C12H14FNO4. The number of halogens is 1. The predicted octanol–water partition coefficient (Wildman–Crippen LogP) is 0.966. The van der Waals surface area contributed by atoms with Crippen LogP contribution in [0.1, 0.15) is 12.5 Å². The smallest absolute Gasteiger partial charge is 0.325 e. The van der Waals surface area contributed by atoms with Gasteiger partial charge in [-0.15, -0.1) is 0 Å². The Bertz CT molecular complexity index is 461. The molecule has 18 heavy (non-hydrogen) atoms. The van der Waals surface area contributed by atoms with E-state index < -0.39 is 23.7 Å². The minimum Gasteiger partial charge on any atom is -0.494 e. The Morgan fingerprint density at radius 2 is 2.17 bits per heavy atom. The third kappa shape index (κ3) is 3.73. The van der Waals surface area contributed by atoms with E-state index in [1.165, 1.54) is 26.2 Å². The third-order valence-electron chi connectivity index (χ3n) is 2.33. The van der Waals surface area contributed by atoms with Gasteiger partial charge in [-0.25, -0.2) is 4.39 Å². The van der Waals surface area contributed by atoms with E-state index in [1.807, 2.05) is 0 Å². The molecule has 1 aromatic carbocycles. The number of amides is 1. The summed E-state index contributed by atoms with van der Waals surface area (Å²) in [4.78, 5) is 22.0. The first-order valence-electron chi connectivity index (χ1n) is 5.28. The monoisotopic (exact) mass is 255 g/mol. The topological polar surface area (TPSA) is 75.6 Å². The van der Waals surface area contributed by atoms with Crippen LogP contribution >= 0.6 is 0 Å². The molecule has 0 heterocycles. The zero-order chi connectivity index (χ0) is 13.7. The van der Waals surface area contributed by atoms with Gasteiger partial charge in [0.25, 0.3) is 0 Å². The van der Waals surface area contributed by atoms with Crippen molar-refractivity contribution in [1.29, 1.82) is 0 Å². The van der Waals surface area contributed by atoms with Crippen molar-refractivity contribution in [2.75, 3.05) is 7.11 Å². The Morgan fingerprint density at radius 3 is 2.67 bits per heavy atom. The minimum absolute atomic E-state index is 0.0848. The van der Waals surface area contributed by atoms with Crippen molar-refractivity contribution in [3.05, 3.63) is 29.6 Å². The van der Waals surface area contributed by atoms with Gasteiger partial charge < -0.3 is 15.2 Å². The Morgan fingerprint density at radius 1 is 1.50 bits per heavy atom. The maximum atomic E-state index is 13.3. The number of carboxylic acid groups (broad SMARTS) is 1. The molecular weight excluding hydrogens is 241 g/mol. The van der Waals surface area contributed by atoms with Crippen molar-refractivity contribution in [2.45, 2.75) is 19.4 Å². The number of methoxy groups -OCH3 is 1. The molecule has 0 spiro atoms. The second-order valence-corrected chi connectivity index (χ2v) is 3.77. The van der Waals surface area contributed by atoms with E-state index in [-0.39, 0.29) is 12.2 Å². The first-order chi connectivity index (χ1) is 8.43. The average molecular weight is 255 g/mol. The van der Waals surface area contributed by atoms with E-state index in [4.69, 9.17) is 9.84 Å². The van der Waals surface area contributed by atoms with Gasteiger partial charge in [-0.1, -0.05) is 6.07 Å². The van der Waals surface area contributed by atoms with Crippen LogP contribution in [0.15, 0.2) is 18.2 Å². The number of benzene rings is 1. The second kappa shape index (κ2) is 6.00. The third-order valence-corrected chi connectivity index (χ3v) is 2.33. The highest BCUT2D eigenvalue weighted by molar-refractivity contribution is 5.84. The van der Waals surface area contributed by atoms with E-state index in [0.717, 1.165) is 0 Å². The van der Waals surface area contributed by atoms with Crippen molar-refractivity contribution < 1.29 is 23.8 Å². The molecule has 0 radical (unpaired) electrons. The van der Waals surface area contributed by atoms with Crippen LogP contribution < -0.4 is 10.1 Å². The Hall–Kier alpha value is -2.11. The summed E-state index contributed by atoms with van der Waals surface area (Å²) in [6.07, 6.45) is -0.0848. The molecule has 1 rings (SSSR count). The van der Waals surface area contributed by atoms with E-state index in [0.29, 0.717) is 5.56 Å². The summed E-state index contributed by atoms with van der Waals surface area (Å²) in [7, 11) is 1.35. The molecule has 0 aliphatic rings. The number of hydrogen-bond donors (Lipinski definition) is 2. The average Bonchev–Trinajstić information content (AvgIpc) is 2.28. The molecule has 0 aliphatic carbocycles. The van der Waals surface area contributed by atoms with Gasteiger partial charge in [-0.05, 0) is 24.6 Å². The summed E-state index contributed by atoms with van der Waals surface area (Å²) in [5, 5.41) is 10.9. The van der Waals surface area contributed by atoms with Gasteiger partial charge in [-0.2, -0.15) is 0 Å². The van der Waals surface area contributed by atoms with Crippen LogP contribution in [0.5, 0.6) is 5.75 Å². The van der Waals surface area contributed by atoms with Gasteiger partial charge in [0.05, 0.1) is 13.5 Å². The van der Waals surface area contributed by atoms with Crippen LogP contribution in [0.3, 0.4) is 0 Å². The van der Waals surface area contributed by atoms with Gasteiger partial charge in [0.15, 0.2) is 11.6 Å². The van der Waals surface area contributed by atoms with Crippen LogP contribution in [-0.2, 0) is 16.0 Å². The number of carbonyl (C=O) groups is 2. The molecule has 5 nitrogen and oxygen atoms in total. The molecule has 6 heteroatoms. The summed E-state index contributed by atoms with van der Waals surface area (Å²) in [5.74, 6) is -2.06. The molecule has 0 fully saturated rings. The molecule has 98 valence electrons. The van der Waals surface area contributed by atoms with E-state index in [2.05, 4.69) is 5.32 Å². The van der Waals surface area contributed by atoms with Gasteiger partial charge >= 0.3 is 5.97 Å².